The van der Waals surface area contributed by atoms with E-state index in [-0.39, 0.29) is 18.3 Å². The lowest BCUT2D eigenvalue weighted by Gasteiger charge is -2.07. The third kappa shape index (κ3) is 5.91. The molecule has 0 aliphatic heterocycles. The molecule has 2 N–H and O–H groups in total. The molecule has 0 radical (unpaired) electrons. The molecule has 3 aromatic heterocycles. The summed E-state index contributed by atoms with van der Waals surface area (Å²) in [6.45, 7) is 2.21. The van der Waals surface area contributed by atoms with Gasteiger partial charge in [-0.05, 0) is 48.0 Å². The minimum absolute atomic E-state index is 0. The highest BCUT2D eigenvalue weighted by molar-refractivity contribution is 7.20. The van der Waals surface area contributed by atoms with Crippen molar-refractivity contribution in [3.8, 4) is 11.8 Å². The van der Waals surface area contributed by atoms with Crippen molar-refractivity contribution in [2.75, 3.05) is 10.6 Å². The molecule has 0 saturated carbocycles. The first kappa shape index (κ1) is 25.9. The first-order valence-corrected chi connectivity index (χ1v) is 12.8. The van der Waals surface area contributed by atoms with Gasteiger partial charge in [-0.3, -0.25) is 9.48 Å². The molecule has 7 nitrogen and oxygen atoms in total. The van der Waals surface area contributed by atoms with Gasteiger partial charge >= 0.3 is 0 Å². The normalized spacial score (nSPS) is 10.5. The number of thiophene rings is 1. The molecule has 0 aliphatic rings. The summed E-state index contributed by atoms with van der Waals surface area (Å²) in [5, 5.41) is 11.9. The van der Waals surface area contributed by atoms with Gasteiger partial charge in [-0.15, -0.1) is 23.7 Å². The van der Waals surface area contributed by atoms with E-state index in [1.54, 1.807) is 6.33 Å². The van der Waals surface area contributed by atoms with Crippen LogP contribution in [0.3, 0.4) is 0 Å². The fourth-order valence-electron chi connectivity index (χ4n) is 4.20. The number of nitrogens with one attached hydrogen (secondary N) is 2. The Hall–Kier alpha value is -4.71. The van der Waals surface area contributed by atoms with Crippen LogP contribution in [0.15, 0.2) is 91.4 Å². The van der Waals surface area contributed by atoms with Gasteiger partial charge in [0.15, 0.2) is 5.82 Å². The van der Waals surface area contributed by atoms with Crippen LogP contribution in [-0.4, -0.2) is 25.7 Å². The van der Waals surface area contributed by atoms with Crippen molar-refractivity contribution in [1.82, 2.24) is 19.7 Å². The number of benzene rings is 3. The Balaban J connectivity index is 0.00000308. The second kappa shape index (κ2) is 11.4. The Morgan fingerprint density at radius 2 is 1.82 bits per heavy atom. The summed E-state index contributed by atoms with van der Waals surface area (Å²) >= 11 is 1.54. The van der Waals surface area contributed by atoms with Crippen LogP contribution in [0.4, 0.5) is 17.2 Å². The van der Waals surface area contributed by atoms with Gasteiger partial charge < -0.3 is 10.6 Å². The Kier molecular flexibility index (Phi) is 7.55. The quantitative estimate of drug-likeness (QED) is 0.236. The van der Waals surface area contributed by atoms with E-state index in [1.165, 1.54) is 23.8 Å². The van der Waals surface area contributed by atoms with Crippen LogP contribution in [0.5, 0.6) is 0 Å². The number of hydrogen-bond acceptors (Lipinski definition) is 6. The van der Waals surface area contributed by atoms with Gasteiger partial charge in [0.25, 0.3) is 0 Å². The monoisotopic (exact) mass is 550 g/mol. The first-order chi connectivity index (χ1) is 18.6. The van der Waals surface area contributed by atoms with Gasteiger partial charge in [0.1, 0.15) is 6.33 Å². The van der Waals surface area contributed by atoms with Gasteiger partial charge in [-0.1, -0.05) is 48.2 Å². The van der Waals surface area contributed by atoms with E-state index in [0.717, 1.165) is 55.3 Å². The van der Waals surface area contributed by atoms with E-state index in [9.17, 15) is 4.79 Å². The summed E-state index contributed by atoms with van der Waals surface area (Å²) < 4.78 is 2.94. The predicted molar refractivity (Wildman–Crippen MR) is 160 cm³/mol. The van der Waals surface area contributed by atoms with E-state index < -0.39 is 0 Å². The van der Waals surface area contributed by atoms with Crippen molar-refractivity contribution in [3.05, 3.63) is 107 Å². The second-order valence-electron chi connectivity index (χ2n) is 8.75. The standard InChI is InChI=1S/C30H22N6OS.ClH/c1-20(37)34-24-9-5-8-21(14-24)10-12-26-16-27-29(38-26)30(32-19-31-27)35-25-11-13-28-23(15-25)17-33-36(28)18-22-6-3-2-4-7-22;/h2-9,11,13-17,19H,18H2,1H3,(H,34,37)(H,31,32,35);1H. The van der Waals surface area contributed by atoms with Crippen LogP contribution in [0, 0.1) is 11.8 Å². The maximum atomic E-state index is 11.3. The van der Waals surface area contributed by atoms with Gasteiger partial charge in [-0.25, -0.2) is 9.97 Å². The molecule has 9 heteroatoms. The van der Waals surface area contributed by atoms with Crippen molar-refractivity contribution >= 4 is 68.0 Å². The third-order valence-electron chi connectivity index (χ3n) is 5.90. The summed E-state index contributed by atoms with van der Waals surface area (Å²) in [7, 11) is 0. The Morgan fingerprint density at radius 1 is 0.949 bits per heavy atom. The first-order valence-electron chi connectivity index (χ1n) is 12.0. The number of carbonyl (C=O) groups excluding carboxylic acids is 1. The molecule has 6 rings (SSSR count). The fraction of sp³-hybridized carbons (Fsp3) is 0.0667. The maximum Gasteiger partial charge on any atom is 0.221 e. The van der Waals surface area contributed by atoms with Crippen molar-refractivity contribution in [2.24, 2.45) is 0 Å². The number of hydrogen-bond donors (Lipinski definition) is 2. The van der Waals surface area contributed by atoms with E-state index in [1.807, 2.05) is 65.5 Å². The predicted octanol–water partition coefficient (Wildman–Crippen LogP) is 6.61. The molecule has 3 heterocycles. The van der Waals surface area contributed by atoms with Crippen LogP contribution in [0.1, 0.15) is 22.9 Å². The minimum atomic E-state index is -0.113. The van der Waals surface area contributed by atoms with Crippen LogP contribution in [0.25, 0.3) is 21.1 Å². The lowest BCUT2D eigenvalue weighted by atomic mass is 10.2. The lowest BCUT2D eigenvalue weighted by Crippen LogP contribution is -2.05. The van der Waals surface area contributed by atoms with Gasteiger partial charge in [0.05, 0.1) is 33.4 Å². The molecule has 1 amide bonds. The molecule has 0 saturated heterocycles. The van der Waals surface area contributed by atoms with Crippen LogP contribution < -0.4 is 10.6 Å². The zero-order chi connectivity index (χ0) is 25.9. The maximum absolute atomic E-state index is 11.3. The number of halogens is 1. The number of amides is 1. The van der Waals surface area contributed by atoms with E-state index >= 15 is 0 Å². The van der Waals surface area contributed by atoms with Crippen molar-refractivity contribution in [3.63, 3.8) is 0 Å². The van der Waals surface area contributed by atoms with E-state index in [4.69, 9.17) is 0 Å². The molecular weight excluding hydrogens is 528 g/mol. The molecule has 0 unspecified atom stereocenters. The number of anilines is 3. The van der Waals surface area contributed by atoms with E-state index in [2.05, 4.69) is 61.8 Å². The van der Waals surface area contributed by atoms with Gasteiger partial charge in [0, 0.05) is 29.2 Å². The summed E-state index contributed by atoms with van der Waals surface area (Å²) in [6, 6.07) is 25.9. The highest BCUT2D eigenvalue weighted by Gasteiger charge is 2.10. The van der Waals surface area contributed by atoms with Crippen molar-refractivity contribution in [2.45, 2.75) is 13.5 Å². The lowest BCUT2D eigenvalue weighted by molar-refractivity contribution is -0.114. The molecule has 39 heavy (non-hydrogen) atoms. The largest absolute Gasteiger partial charge is 0.339 e. The molecule has 0 bridgehead atoms. The summed E-state index contributed by atoms with van der Waals surface area (Å²) in [6.07, 6.45) is 3.45. The number of aromatic nitrogens is 4. The average molecular weight is 551 g/mol. The Morgan fingerprint density at radius 3 is 2.67 bits per heavy atom. The Bertz CT molecular complexity index is 1850. The number of carbonyl (C=O) groups is 1. The van der Waals surface area contributed by atoms with Crippen LogP contribution in [-0.2, 0) is 11.3 Å². The van der Waals surface area contributed by atoms with Crippen molar-refractivity contribution in [1.29, 1.82) is 0 Å². The fourth-order valence-corrected chi connectivity index (χ4v) is 5.11. The summed E-state index contributed by atoms with van der Waals surface area (Å²) in [5.74, 6) is 7.01. The minimum Gasteiger partial charge on any atom is -0.339 e. The molecule has 192 valence electrons. The zero-order valence-electron chi connectivity index (χ0n) is 20.9. The van der Waals surface area contributed by atoms with Crippen LogP contribution >= 0.6 is 23.7 Å². The summed E-state index contributed by atoms with van der Waals surface area (Å²) in [5.41, 5.74) is 5.58. The number of nitrogens with zero attached hydrogens (tertiary/aromatic N) is 4. The molecule has 0 fully saturated rings. The van der Waals surface area contributed by atoms with Crippen LogP contribution in [0.2, 0.25) is 0 Å². The SMILES string of the molecule is CC(=O)Nc1cccc(C#Cc2cc3ncnc(Nc4ccc5c(cnn5Cc5ccccc5)c4)c3s2)c1.Cl. The van der Waals surface area contributed by atoms with Gasteiger partial charge in [0.2, 0.25) is 5.91 Å². The number of rotatable bonds is 5. The Labute approximate surface area is 235 Å². The molecule has 0 spiro atoms. The third-order valence-corrected chi connectivity index (χ3v) is 6.95. The molecule has 0 aliphatic carbocycles. The molecule has 6 aromatic rings. The zero-order valence-corrected chi connectivity index (χ0v) is 22.5. The molecule has 0 atom stereocenters. The second-order valence-corrected chi connectivity index (χ2v) is 9.80. The number of fused-ring (bicyclic) bond motifs is 2. The highest BCUT2D eigenvalue weighted by atomic mass is 35.5. The highest BCUT2D eigenvalue weighted by Crippen LogP contribution is 2.31. The average Bonchev–Trinajstić information content (AvgIpc) is 3.52. The molecule has 3 aromatic carbocycles. The smallest absolute Gasteiger partial charge is 0.221 e. The van der Waals surface area contributed by atoms with Crippen molar-refractivity contribution < 1.29 is 4.79 Å². The van der Waals surface area contributed by atoms with E-state index in [0.29, 0.717) is 0 Å². The van der Waals surface area contributed by atoms with Gasteiger partial charge in [-0.2, -0.15) is 5.10 Å². The summed E-state index contributed by atoms with van der Waals surface area (Å²) in [4.78, 5) is 21.1. The topological polar surface area (TPSA) is 84.7 Å². The molecular formula is C30H23ClN6OS.